The molecular formula is C27H36FN3O3. The molecule has 0 heterocycles. The zero-order valence-electron chi connectivity index (χ0n) is 20.4. The molecule has 0 unspecified atom stereocenters. The van der Waals surface area contributed by atoms with Gasteiger partial charge in [0.25, 0.3) is 0 Å². The largest absolute Gasteiger partial charge is 0.344 e. The lowest BCUT2D eigenvalue weighted by Crippen LogP contribution is -2.61. The van der Waals surface area contributed by atoms with Crippen LogP contribution < -0.4 is 16.0 Å². The average molecular weight is 470 g/mol. The molecule has 34 heavy (non-hydrogen) atoms. The molecule has 0 saturated carbocycles. The van der Waals surface area contributed by atoms with Crippen LogP contribution in [0.3, 0.4) is 0 Å². The van der Waals surface area contributed by atoms with Crippen molar-refractivity contribution in [1.82, 2.24) is 16.0 Å². The van der Waals surface area contributed by atoms with Crippen molar-refractivity contribution in [2.45, 2.75) is 64.6 Å². The van der Waals surface area contributed by atoms with E-state index in [2.05, 4.69) is 16.0 Å². The topological polar surface area (TPSA) is 87.3 Å². The Hall–Kier alpha value is -2.90. The van der Waals surface area contributed by atoms with Crippen LogP contribution >= 0.6 is 0 Å². The number of rotatable bonds is 14. The zero-order chi connectivity index (χ0) is 25.1. The fraction of sp³-hybridized carbons (Fsp3) is 0.444. The standard InChI is InChI=1S/C27H36FN3O3/c1-19(2)14-23(17-32)29-18-30-27(4,16-22-12-8-9-13-24(22)28)26(34)31-25(20(3)33)15-21-10-6-5-7-11-21/h5-13,17,19,23,25,29-30H,14-16,18H2,1-4H3,(H,31,34)/t23-,25-,27-/m0/s1. The van der Waals surface area contributed by atoms with Crippen molar-refractivity contribution >= 4 is 18.0 Å². The number of aldehydes is 1. The average Bonchev–Trinajstić information content (AvgIpc) is 2.79. The minimum Gasteiger partial charge on any atom is -0.344 e. The number of carbonyl (C=O) groups excluding carboxylic acids is 3. The molecule has 2 aromatic carbocycles. The number of benzene rings is 2. The van der Waals surface area contributed by atoms with Crippen molar-refractivity contribution in [2.24, 2.45) is 5.92 Å². The Morgan fingerprint density at radius 3 is 2.29 bits per heavy atom. The first-order valence-electron chi connectivity index (χ1n) is 11.7. The number of carbonyl (C=O) groups is 3. The summed E-state index contributed by atoms with van der Waals surface area (Å²) in [5.41, 5.74) is 0.0744. The van der Waals surface area contributed by atoms with E-state index in [9.17, 15) is 18.8 Å². The summed E-state index contributed by atoms with van der Waals surface area (Å²) in [5, 5.41) is 9.12. The summed E-state index contributed by atoms with van der Waals surface area (Å²) in [7, 11) is 0. The van der Waals surface area contributed by atoms with Gasteiger partial charge in [0.15, 0.2) is 5.78 Å². The van der Waals surface area contributed by atoms with E-state index in [1.165, 1.54) is 13.0 Å². The molecule has 7 heteroatoms. The van der Waals surface area contributed by atoms with Crippen LogP contribution in [0.4, 0.5) is 4.39 Å². The van der Waals surface area contributed by atoms with Crippen LogP contribution in [0.25, 0.3) is 0 Å². The van der Waals surface area contributed by atoms with Crippen LogP contribution in [0.5, 0.6) is 0 Å². The van der Waals surface area contributed by atoms with Crippen LogP contribution in [0, 0.1) is 11.7 Å². The molecule has 6 nitrogen and oxygen atoms in total. The monoisotopic (exact) mass is 469 g/mol. The molecule has 1 amide bonds. The van der Waals surface area contributed by atoms with E-state index >= 15 is 0 Å². The van der Waals surface area contributed by atoms with Gasteiger partial charge in [0.1, 0.15) is 17.6 Å². The fourth-order valence-corrected chi connectivity index (χ4v) is 3.78. The molecule has 0 saturated heterocycles. The second-order valence-electron chi connectivity index (χ2n) is 9.36. The van der Waals surface area contributed by atoms with Crippen LogP contribution in [0.15, 0.2) is 54.6 Å². The SMILES string of the molecule is CC(=O)[C@H](Cc1ccccc1)NC(=O)[C@](C)(Cc1ccccc1F)NCN[C@H](C=O)CC(C)C. The van der Waals surface area contributed by atoms with E-state index in [-0.39, 0.29) is 24.9 Å². The lowest BCUT2D eigenvalue weighted by atomic mass is 9.90. The van der Waals surface area contributed by atoms with Gasteiger partial charge < -0.3 is 10.1 Å². The van der Waals surface area contributed by atoms with Gasteiger partial charge >= 0.3 is 0 Å². The highest BCUT2D eigenvalue weighted by atomic mass is 19.1. The van der Waals surface area contributed by atoms with Crippen molar-refractivity contribution in [3.05, 3.63) is 71.5 Å². The molecule has 3 atom stereocenters. The Kier molecular flexibility index (Phi) is 10.5. The smallest absolute Gasteiger partial charge is 0.240 e. The highest BCUT2D eigenvalue weighted by Crippen LogP contribution is 2.18. The lowest BCUT2D eigenvalue weighted by Gasteiger charge is -2.32. The summed E-state index contributed by atoms with van der Waals surface area (Å²) >= 11 is 0. The van der Waals surface area contributed by atoms with Crippen molar-refractivity contribution in [3.8, 4) is 0 Å². The predicted molar refractivity (Wildman–Crippen MR) is 132 cm³/mol. The van der Waals surface area contributed by atoms with Gasteiger partial charge in [-0.1, -0.05) is 62.4 Å². The summed E-state index contributed by atoms with van der Waals surface area (Å²) in [6.07, 6.45) is 1.93. The van der Waals surface area contributed by atoms with Crippen LogP contribution in [0.1, 0.15) is 45.2 Å². The van der Waals surface area contributed by atoms with Gasteiger partial charge in [-0.2, -0.15) is 0 Å². The number of nitrogens with one attached hydrogen (secondary N) is 3. The van der Waals surface area contributed by atoms with Gasteiger partial charge in [-0.3, -0.25) is 20.2 Å². The Balaban J connectivity index is 2.20. The second-order valence-corrected chi connectivity index (χ2v) is 9.36. The normalized spacial score (nSPS) is 14.8. The first kappa shape index (κ1) is 27.3. The minimum absolute atomic E-state index is 0.0685. The lowest BCUT2D eigenvalue weighted by molar-refractivity contribution is -0.131. The van der Waals surface area contributed by atoms with Gasteiger partial charge in [0.2, 0.25) is 5.91 Å². The third-order valence-corrected chi connectivity index (χ3v) is 5.81. The molecule has 0 aromatic heterocycles. The summed E-state index contributed by atoms with van der Waals surface area (Å²) in [6, 6.07) is 14.7. The maximum atomic E-state index is 14.4. The van der Waals surface area contributed by atoms with E-state index in [1.54, 1.807) is 25.1 Å². The number of halogens is 1. The van der Waals surface area contributed by atoms with Crippen LogP contribution in [-0.4, -0.2) is 42.3 Å². The third kappa shape index (κ3) is 8.47. The molecule has 2 rings (SSSR count). The molecule has 0 radical (unpaired) electrons. The minimum atomic E-state index is -1.23. The van der Waals surface area contributed by atoms with Crippen LogP contribution in [-0.2, 0) is 27.2 Å². The first-order valence-corrected chi connectivity index (χ1v) is 11.7. The quantitative estimate of drug-likeness (QED) is 0.292. The highest BCUT2D eigenvalue weighted by molar-refractivity contribution is 5.92. The van der Waals surface area contributed by atoms with Crippen molar-refractivity contribution in [1.29, 1.82) is 0 Å². The third-order valence-electron chi connectivity index (χ3n) is 5.81. The van der Waals surface area contributed by atoms with Gasteiger partial charge in [0, 0.05) is 13.1 Å². The Morgan fingerprint density at radius 1 is 1.06 bits per heavy atom. The Bertz CT molecular complexity index is 951. The number of hydrogen-bond acceptors (Lipinski definition) is 5. The highest BCUT2D eigenvalue weighted by Gasteiger charge is 2.36. The molecule has 3 N–H and O–H groups in total. The Morgan fingerprint density at radius 2 is 1.71 bits per heavy atom. The number of ketones is 1. The summed E-state index contributed by atoms with van der Waals surface area (Å²) < 4.78 is 14.4. The summed E-state index contributed by atoms with van der Waals surface area (Å²) in [6.45, 7) is 7.33. The van der Waals surface area contributed by atoms with Crippen molar-refractivity contribution < 1.29 is 18.8 Å². The van der Waals surface area contributed by atoms with E-state index in [1.807, 2.05) is 44.2 Å². The van der Waals surface area contributed by atoms with E-state index in [4.69, 9.17) is 0 Å². The number of hydrogen-bond donors (Lipinski definition) is 3. The molecule has 0 fully saturated rings. The predicted octanol–water partition coefficient (Wildman–Crippen LogP) is 3.19. The van der Waals surface area contributed by atoms with E-state index < -0.39 is 23.3 Å². The molecular weight excluding hydrogens is 433 g/mol. The summed E-state index contributed by atoms with van der Waals surface area (Å²) in [4.78, 5) is 37.2. The van der Waals surface area contributed by atoms with Gasteiger partial charge in [-0.05, 0) is 49.8 Å². The van der Waals surface area contributed by atoms with E-state index in [0.717, 1.165) is 11.8 Å². The van der Waals surface area contributed by atoms with Crippen LogP contribution in [0.2, 0.25) is 0 Å². The second kappa shape index (κ2) is 13.1. The number of amides is 1. The molecule has 0 spiro atoms. The molecule has 0 aliphatic heterocycles. The first-order chi connectivity index (χ1) is 16.1. The van der Waals surface area contributed by atoms with Crippen molar-refractivity contribution in [2.75, 3.05) is 6.67 Å². The molecule has 0 aliphatic carbocycles. The zero-order valence-corrected chi connectivity index (χ0v) is 20.4. The molecule has 2 aromatic rings. The molecule has 0 bridgehead atoms. The van der Waals surface area contributed by atoms with E-state index in [0.29, 0.717) is 24.3 Å². The molecule has 0 aliphatic rings. The van der Waals surface area contributed by atoms with Crippen molar-refractivity contribution in [3.63, 3.8) is 0 Å². The fourth-order valence-electron chi connectivity index (χ4n) is 3.78. The van der Waals surface area contributed by atoms with Gasteiger partial charge in [-0.25, -0.2) is 4.39 Å². The maximum absolute atomic E-state index is 14.4. The number of Topliss-reactive ketones (excluding diaryl/α,β-unsaturated/α-hetero) is 1. The maximum Gasteiger partial charge on any atom is 0.240 e. The summed E-state index contributed by atoms with van der Waals surface area (Å²) in [5.74, 6) is -0.666. The molecule has 184 valence electrons. The van der Waals surface area contributed by atoms with Gasteiger partial charge in [-0.15, -0.1) is 0 Å². The van der Waals surface area contributed by atoms with Gasteiger partial charge in [0.05, 0.1) is 12.1 Å². The Labute approximate surface area is 201 Å².